The van der Waals surface area contributed by atoms with Crippen LogP contribution in [0.5, 0.6) is 5.75 Å². The number of benzene rings is 1. The number of carbonyl (C=O) groups is 2. The summed E-state index contributed by atoms with van der Waals surface area (Å²) in [7, 11) is 0. The van der Waals surface area contributed by atoms with Crippen LogP contribution in [0.2, 0.25) is 0 Å². The van der Waals surface area contributed by atoms with E-state index in [2.05, 4.69) is 0 Å². The van der Waals surface area contributed by atoms with E-state index in [1.165, 1.54) is 24.3 Å². The van der Waals surface area contributed by atoms with Gasteiger partial charge in [0.2, 0.25) is 0 Å². The Bertz CT molecular complexity index is 394. The van der Waals surface area contributed by atoms with Crippen molar-refractivity contribution in [3.63, 3.8) is 0 Å². The molecule has 0 unspecified atom stereocenters. The van der Waals surface area contributed by atoms with Gasteiger partial charge in [0.25, 0.3) is 0 Å². The minimum atomic E-state index is -0.748. The third-order valence-electron chi connectivity index (χ3n) is 1.79. The van der Waals surface area contributed by atoms with Gasteiger partial charge in [-0.3, -0.25) is 0 Å². The molecule has 0 bridgehead atoms. The van der Waals surface area contributed by atoms with E-state index in [-0.39, 0.29) is 11.9 Å². The molecule has 0 aliphatic heterocycles. The van der Waals surface area contributed by atoms with E-state index >= 15 is 0 Å². The second-order valence-corrected chi connectivity index (χ2v) is 3.61. The molecule has 1 aromatic carbocycles. The Labute approximate surface area is 99.0 Å². The maximum absolute atomic E-state index is 11.5. The number of carbonyl (C=O) groups excluding carboxylic acids is 2. The number of aliphatic hydroxyl groups excluding tert-OH is 1. The summed E-state index contributed by atoms with van der Waals surface area (Å²) in [6.45, 7) is 2.84. The number of hydrogen-bond donors (Lipinski definition) is 1. The van der Waals surface area contributed by atoms with Gasteiger partial charge in [0.05, 0.1) is 11.7 Å². The number of aliphatic hydroxyl groups is 1. The average molecular weight is 238 g/mol. The van der Waals surface area contributed by atoms with Crippen LogP contribution in [0.1, 0.15) is 24.2 Å². The SMILES string of the molecule is CC(C)OC(=O)c1ccc(OC(=O)CO)cc1. The monoisotopic (exact) mass is 238 g/mol. The third kappa shape index (κ3) is 4.24. The molecule has 0 aromatic heterocycles. The highest BCUT2D eigenvalue weighted by Gasteiger charge is 2.09. The number of rotatable bonds is 4. The fourth-order valence-corrected chi connectivity index (χ4v) is 1.10. The molecule has 92 valence electrons. The molecule has 0 saturated heterocycles. The zero-order valence-corrected chi connectivity index (χ0v) is 9.67. The van der Waals surface area contributed by atoms with Gasteiger partial charge in [0.1, 0.15) is 12.4 Å². The normalized spacial score (nSPS) is 10.1. The van der Waals surface area contributed by atoms with E-state index in [1.54, 1.807) is 13.8 Å². The van der Waals surface area contributed by atoms with Crippen molar-refractivity contribution in [2.75, 3.05) is 6.61 Å². The fourth-order valence-electron chi connectivity index (χ4n) is 1.10. The molecule has 0 fully saturated rings. The van der Waals surface area contributed by atoms with Crippen molar-refractivity contribution in [2.45, 2.75) is 20.0 Å². The summed E-state index contributed by atoms with van der Waals surface area (Å²) in [6, 6.07) is 5.91. The van der Waals surface area contributed by atoms with Crippen LogP contribution < -0.4 is 4.74 Å². The van der Waals surface area contributed by atoms with E-state index in [9.17, 15) is 9.59 Å². The van der Waals surface area contributed by atoms with Crippen molar-refractivity contribution >= 4 is 11.9 Å². The topological polar surface area (TPSA) is 72.8 Å². The average Bonchev–Trinajstić information content (AvgIpc) is 2.28. The van der Waals surface area contributed by atoms with E-state index < -0.39 is 18.5 Å². The standard InChI is InChI=1S/C12H14O5/c1-8(2)16-12(15)9-3-5-10(6-4-9)17-11(14)7-13/h3-6,8,13H,7H2,1-2H3. The summed E-state index contributed by atoms with van der Waals surface area (Å²) in [6.07, 6.45) is -0.186. The Balaban J connectivity index is 2.67. The second kappa shape index (κ2) is 6.00. The first-order chi connectivity index (χ1) is 8.02. The molecule has 1 rings (SSSR count). The number of ether oxygens (including phenoxy) is 2. The Morgan fingerprint density at radius 1 is 1.24 bits per heavy atom. The molecule has 1 aromatic rings. The van der Waals surface area contributed by atoms with Crippen LogP contribution in [-0.2, 0) is 9.53 Å². The molecule has 0 radical (unpaired) electrons. The van der Waals surface area contributed by atoms with Crippen LogP contribution in [0.15, 0.2) is 24.3 Å². The summed E-state index contributed by atoms with van der Waals surface area (Å²) in [5.41, 5.74) is 0.377. The molecule has 5 heteroatoms. The fraction of sp³-hybridized carbons (Fsp3) is 0.333. The lowest BCUT2D eigenvalue weighted by atomic mass is 10.2. The van der Waals surface area contributed by atoms with Gasteiger partial charge in [-0.25, -0.2) is 9.59 Å². The molecule has 5 nitrogen and oxygen atoms in total. The van der Waals surface area contributed by atoms with Crippen molar-refractivity contribution in [3.05, 3.63) is 29.8 Å². The maximum Gasteiger partial charge on any atom is 0.338 e. The predicted molar refractivity (Wildman–Crippen MR) is 59.7 cm³/mol. The van der Waals surface area contributed by atoms with Gasteiger partial charge >= 0.3 is 11.9 Å². The van der Waals surface area contributed by atoms with E-state index in [0.717, 1.165) is 0 Å². The summed E-state index contributed by atoms with van der Waals surface area (Å²) in [5.74, 6) is -0.910. The van der Waals surface area contributed by atoms with Crippen LogP contribution in [0, 0.1) is 0 Å². The maximum atomic E-state index is 11.5. The Morgan fingerprint density at radius 2 is 1.82 bits per heavy atom. The third-order valence-corrected chi connectivity index (χ3v) is 1.79. The van der Waals surface area contributed by atoms with Crippen molar-refractivity contribution in [1.29, 1.82) is 0 Å². The summed E-state index contributed by atoms with van der Waals surface area (Å²) in [4.78, 5) is 22.3. The van der Waals surface area contributed by atoms with Crippen LogP contribution in [-0.4, -0.2) is 29.8 Å². The van der Waals surface area contributed by atoms with Crippen molar-refractivity contribution in [3.8, 4) is 5.75 Å². The van der Waals surface area contributed by atoms with Gasteiger partial charge in [0.15, 0.2) is 0 Å². The zero-order valence-electron chi connectivity index (χ0n) is 9.67. The Morgan fingerprint density at radius 3 is 2.29 bits per heavy atom. The van der Waals surface area contributed by atoms with Gasteiger partial charge in [0, 0.05) is 0 Å². The molecule has 0 amide bonds. The lowest BCUT2D eigenvalue weighted by Gasteiger charge is -2.08. The molecule has 0 aliphatic carbocycles. The van der Waals surface area contributed by atoms with E-state index in [0.29, 0.717) is 5.56 Å². The zero-order chi connectivity index (χ0) is 12.8. The summed E-state index contributed by atoms with van der Waals surface area (Å²) >= 11 is 0. The predicted octanol–water partition coefficient (Wildman–Crippen LogP) is 1.15. The molecule has 1 N–H and O–H groups in total. The van der Waals surface area contributed by atoms with E-state index in [1.807, 2.05) is 0 Å². The van der Waals surface area contributed by atoms with Gasteiger partial charge in [-0.15, -0.1) is 0 Å². The quantitative estimate of drug-likeness (QED) is 0.629. The Hall–Kier alpha value is -1.88. The smallest absolute Gasteiger partial charge is 0.338 e. The molecular formula is C12H14O5. The molecule has 0 heterocycles. The molecule has 0 saturated carbocycles. The first-order valence-corrected chi connectivity index (χ1v) is 5.15. The molecule has 0 spiro atoms. The number of esters is 2. The Kier molecular flexibility index (Phi) is 4.66. The van der Waals surface area contributed by atoms with Crippen LogP contribution >= 0.6 is 0 Å². The highest BCUT2D eigenvalue weighted by Crippen LogP contribution is 2.13. The lowest BCUT2D eigenvalue weighted by Crippen LogP contribution is -2.13. The first-order valence-electron chi connectivity index (χ1n) is 5.15. The number of hydrogen-bond acceptors (Lipinski definition) is 5. The van der Waals surface area contributed by atoms with Crippen LogP contribution in [0.3, 0.4) is 0 Å². The molecule has 17 heavy (non-hydrogen) atoms. The van der Waals surface area contributed by atoms with Crippen molar-refractivity contribution in [1.82, 2.24) is 0 Å². The van der Waals surface area contributed by atoms with Crippen LogP contribution in [0.25, 0.3) is 0 Å². The molecular weight excluding hydrogens is 224 g/mol. The van der Waals surface area contributed by atoms with Gasteiger partial charge < -0.3 is 14.6 Å². The van der Waals surface area contributed by atoms with Crippen molar-refractivity contribution in [2.24, 2.45) is 0 Å². The largest absolute Gasteiger partial charge is 0.459 e. The highest BCUT2D eigenvalue weighted by molar-refractivity contribution is 5.89. The van der Waals surface area contributed by atoms with Gasteiger partial charge in [-0.05, 0) is 38.1 Å². The lowest BCUT2D eigenvalue weighted by molar-refractivity contribution is -0.137. The summed E-state index contributed by atoms with van der Waals surface area (Å²) < 4.78 is 9.73. The van der Waals surface area contributed by atoms with E-state index in [4.69, 9.17) is 14.6 Å². The van der Waals surface area contributed by atoms with Gasteiger partial charge in [-0.1, -0.05) is 0 Å². The highest BCUT2D eigenvalue weighted by atomic mass is 16.5. The minimum absolute atomic E-state index is 0.186. The molecule has 0 atom stereocenters. The van der Waals surface area contributed by atoms with Crippen LogP contribution in [0.4, 0.5) is 0 Å². The van der Waals surface area contributed by atoms with Crippen molar-refractivity contribution < 1.29 is 24.2 Å². The summed E-state index contributed by atoms with van der Waals surface area (Å²) in [5, 5.41) is 8.49. The second-order valence-electron chi connectivity index (χ2n) is 3.61. The minimum Gasteiger partial charge on any atom is -0.459 e. The molecule has 0 aliphatic rings. The first kappa shape index (κ1) is 13.2. The van der Waals surface area contributed by atoms with Gasteiger partial charge in [-0.2, -0.15) is 0 Å².